The molecular formula is C20H31NO5. The average Bonchev–Trinajstić information content (AvgIpc) is 3.14. The van der Waals surface area contributed by atoms with E-state index in [1.807, 2.05) is 7.05 Å². The number of cyclic esters (lactones) is 2. The fraction of sp³-hybridized carbons (Fsp3) is 0.600. The number of hydrogen-bond donors (Lipinski definition) is 2. The summed E-state index contributed by atoms with van der Waals surface area (Å²) >= 11 is 0. The van der Waals surface area contributed by atoms with Crippen molar-refractivity contribution in [3.63, 3.8) is 0 Å². The topological polar surface area (TPSA) is 84.9 Å². The van der Waals surface area contributed by atoms with E-state index in [4.69, 9.17) is 14.6 Å². The number of ether oxygens (including phenoxy) is 2. The minimum Gasteiger partial charge on any atom is -0.461 e. The van der Waals surface area contributed by atoms with Crippen molar-refractivity contribution in [1.82, 2.24) is 5.32 Å². The van der Waals surface area contributed by atoms with Crippen LogP contribution in [0.3, 0.4) is 0 Å². The molecule has 1 saturated carbocycles. The van der Waals surface area contributed by atoms with Crippen LogP contribution in [-0.4, -0.2) is 43.9 Å². The molecule has 2 rings (SSSR count). The van der Waals surface area contributed by atoms with Gasteiger partial charge in [-0.1, -0.05) is 32.1 Å². The van der Waals surface area contributed by atoms with Gasteiger partial charge in [-0.15, -0.1) is 0 Å². The van der Waals surface area contributed by atoms with Crippen LogP contribution in [0.4, 0.5) is 0 Å². The second kappa shape index (κ2) is 11.6. The van der Waals surface area contributed by atoms with Crippen LogP contribution in [0.15, 0.2) is 35.6 Å². The lowest BCUT2D eigenvalue weighted by molar-refractivity contribution is -0.155. The monoisotopic (exact) mass is 365 g/mol. The van der Waals surface area contributed by atoms with Crippen LogP contribution in [-0.2, 0) is 19.1 Å². The standard InChI is InChI=1S/C17H22O5.C3H9N/c1-3-12(9-18)7-8-13-10-21-16(19)14-5-4-6-15(14)17(20)22-11(13)2;1-3-4-2/h3,7,14-15,18H,1,4-6,8-10H2,2H3;4H,3H2,1-2H3/b12-7?,13-11-;. The van der Waals surface area contributed by atoms with Crippen LogP contribution in [0.2, 0.25) is 0 Å². The Kier molecular flexibility index (Phi) is 9.91. The molecule has 0 spiro atoms. The Morgan fingerprint density at radius 1 is 1.31 bits per heavy atom. The summed E-state index contributed by atoms with van der Waals surface area (Å²) in [4.78, 5) is 24.3. The largest absolute Gasteiger partial charge is 0.461 e. The van der Waals surface area contributed by atoms with Gasteiger partial charge in [0, 0.05) is 5.57 Å². The molecule has 2 atom stereocenters. The van der Waals surface area contributed by atoms with Crippen molar-refractivity contribution < 1.29 is 24.2 Å². The molecule has 1 aliphatic carbocycles. The van der Waals surface area contributed by atoms with Crippen LogP contribution < -0.4 is 5.32 Å². The highest BCUT2D eigenvalue weighted by Gasteiger charge is 2.41. The van der Waals surface area contributed by atoms with Gasteiger partial charge in [-0.25, -0.2) is 0 Å². The SMILES string of the molecule is C=CC(=CC/C1=C(\C)OC(=O)C2CCCC2C(=O)OC1)CO.CCNC. The molecule has 0 bridgehead atoms. The molecule has 6 heteroatoms. The van der Waals surface area contributed by atoms with Gasteiger partial charge in [-0.2, -0.15) is 0 Å². The van der Waals surface area contributed by atoms with E-state index in [0.717, 1.165) is 18.5 Å². The summed E-state index contributed by atoms with van der Waals surface area (Å²) in [5, 5.41) is 12.1. The fourth-order valence-corrected chi connectivity index (χ4v) is 2.86. The average molecular weight is 365 g/mol. The quantitative estimate of drug-likeness (QED) is 0.575. The number of aliphatic hydroxyl groups excluding tert-OH is 1. The smallest absolute Gasteiger partial charge is 0.314 e. The lowest BCUT2D eigenvalue weighted by Crippen LogP contribution is -2.27. The van der Waals surface area contributed by atoms with Crippen LogP contribution in [0.1, 0.15) is 39.5 Å². The molecule has 0 aromatic heterocycles. The Hall–Kier alpha value is -1.92. The molecule has 6 nitrogen and oxygen atoms in total. The van der Waals surface area contributed by atoms with E-state index >= 15 is 0 Å². The molecule has 146 valence electrons. The number of fused-ring (bicyclic) bond motifs is 1. The molecule has 1 fully saturated rings. The molecule has 1 aliphatic heterocycles. The van der Waals surface area contributed by atoms with E-state index in [-0.39, 0.29) is 31.1 Å². The molecule has 26 heavy (non-hydrogen) atoms. The number of carbonyl (C=O) groups excluding carboxylic acids is 2. The third-order valence-electron chi connectivity index (χ3n) is 4.67. The third-order valence-corrected chi connectivity index (χ3v) is 4.67. The molecule has 2 aliphatic rings. The second-order valence-electron chi connectivity index (χ2n) is 6.38. The molecule has 0 radical (unpaired) electrons. The Morgan fingerprint density at radius 2 is 1.92 bits per heavy atom. The van der Waals surface area contributed by atoms with Crippen LogP contribution in [0.5, 0.6) is 0 Å². The lowest BCUT2D eigenvalue weighted by atomic mass is 9.96. The molecular weight excluding hydrogens is 334 g/mol. The van der Waals surface area contributed by atoms with Crippen molar-refractivity contribution in [3.05, 3.63) is 35.6 Å². The van der Waals surface area contributed by atoms with Crippen LogP contribution >= 0.6 is 0 Å². The van der Waals surface area contributed by atoms with Gasteiger partial charge in [0.15, 0.2) is 0 Å². The number of nitrogens with one attached hydrogen (secondary N) is 1. The maximum Gasteiger partial charge on any atom is 0.314 e. The molecule has 2 N–H and O–H groups in total. The zero-order chi connectivity index (χ0) is 19.5. The number of hydrogen-bond acceptors (Lipinski definition) is 6. The van der Waals surface area contributed by atoms with Gasteiger partial charge < -0.3 is 19.9 Å². The highest BCUT2D eigenvalue weighted by molar-refractivity contribution is 5.83. The highest BCUT2D eigenvalue weighted by atomic mass is 16.6. The van der Waals surface area contributed by atoms with Gasteiger partial charge >= 0.3 is 11.9 Å². The molecule has 0 aromatic carbocycles. The van der Waals surface area contributed by atoms with Crippen LogP contribution in [0.25, 0.3) is 0 Å². The second-order valence-corrected chi connectivity index (χ2v) is 6.38. The number of allylic oxidation sites excluding steroid dienone is 2. The van der Waals surface area contributed by atoms with E-state index < -0.39 is 5.92 Å². The summed E-state index contributed by atoms with van der Waals surface area (Å²) in [6, 6.07) is 0. The molecule has 1 heterocycles. The lowest BCUT2D eigenvalue weighted by Gasteiger charge is -2.14. The summed E-state index contributed by atoms with van der Waals surface area (Å²) in [5.41, 5.74) is 1.39. The highest BCUT2D eigenvalue weighted by Crippen LogP contribution is 2.35. The first-order chi connectivity index (χ1) is 12.5. The Labute approximate surface area is 155 Å². The fourth-order valence-electron chi connectivity index (χ4n) is 2.86. The van der Waals surface area contributed by atoms with Gasteiger partial charge in [-0.3, -0.25) is 9.59 Å². The predicted molar refractivity (Wildman–Crippen MR) is 100 cm³/mol. The van der Waals surface area contributed by atoms with Crippen molar-refractivity contribution in [2.75, 3.05) is 26.8 Å². The van der Waals surface area contributed by atoms with Crippen molar-refractivity contribution >= 4 is 11.9 Å². The van der Waals surface area contributed by atoms with E-state index in [1.54, 1.807) is 19.1 Å². The zero-order valence-electron chi connectivity index (χ0n) is 16.0. The minimum absolute atomic E-state index is 0.105. The van der Waals surface area contributed by atoms with Gasteiger partial charge in [0.2, 0.25) is 0 Å². The van der Waals surface area contributed by atoms with Crippen molar-refractivity contribution in [2.45, 2.75) is 39.5 Å². The van der Waals surface area contributed by atoms with Crippen molar-refractivity contribution in [1.29, 1.82) is 0 Å². The summed E-state index contributed by atoms with van der Waals surface area (Å²) in [6.07, 6.45) is 5.98. The van der Waals surface area contributed by atoms with Crippen LogP contribution in [0, 0.1) is 11.8 Å². The maximum atomic E-state index is 12.2. The number of aliphatic hydroxyl groups is 1. The number of rotatable bonds is 5. The predicted octanol–water partition coefficient (Wildman–Crippen LogP) is 2.50. The first-order valence-electron chi connectivity index (χ1n) is 9.12. The molecule has 2 unspecified atom stereocenters. The van der Waals surface area contributed by atoms with Crippen molar-refractivity contribution in [3.8, 4) is 0 Å². The van der Waals surface area contributed by atoms with E-state index in [0.29, 0.717) is 30.6 Å². The Bertz CT molecular complexity index is 563. The third kappa shape index (κ3) is 6.42. The molecule has 0 saturated heterocycles. The zero-order valence-corrected chi connectivity index (χ0v) is 16.0. The van der Waals surface area contributed by atoms with E-state index in [9.17, 15) is 9.59 Å². The first kappa shape index (κ1) is 22.1. The molecule has 0 aromatic rings. The van der Waals surface area contributed by atoms with Crippen molar-refractivity contribution in [2.24, 2.45) is 11.8 Å². The van der Waals surface area contributed by atoms with Gasteiger partial charge in [0.25, 0.3) is 0 Å². The summed E-state index contributed by atoms with van der Waals surface area (Å²) in [5.74, 6) is -0.953. The Balaban J connectivity index is 0.000000765. The summed E-state index contributed by atoms with van der Waals surface area (Å²) < 4.78 is 10.8. The van der Waals surface area contributed by atoms with E-state index in [1.165, 1.54) is 0 Å². The first-order valence-corrected chi connectivity index (χ1v) is 9.12. The summed E-state index contributed by atoms with van der Waals surface area (Å²) in [7, 11) is 1.93. The summed E-state index contributed by atoms with van der Waals surface area (Å²) in [6.45, 7) is 8.45. The number of esters is 2. The number of carbonyl (C=O) groups is 2. The minimum atomic E-state index is -0.390. The van der Waals surface area contributed by atoms with Gasteiger partial charge in [-0.05, 0) is 45.4 Å². The molecule has 0 amide bonds. The Morgan fingerprint density at radius 3 is 2.46 bits per heavy atom. The van der Waals surface area contributed by atoms with Gasteiger partial charge in [0.1, 0.15) is 12.4 Å². The van der Waals surface area contributed by atoms with E-state index in [2.05, 4.69) is 18.8 Å². The van der Waals surface area contributed by atoms with Gasteiger partial charge in [0.05, 0.1) is 18.4 Å². The maximum absolute atomic E-state index is 12.2. The normalized spacial score (nSPS) is 26.4.